The van der Waals surface area contributed by atoms with E-state index in [9.17, 15) is 17.6 Å². The second-order valence-electron chi connectivity index (χ2n) is 5.57. The van der Waals surface area contributed by atoms with Gasteiger partial charge >= 0.3 is 5.97 Å². The van der Waals surface area contributed by atoms with Gasteiger partial charge in [-0.25, -0.2) is 17.6 Å². The summed E-state index contributed by atoms with van der Waals surface area (Å²) in [5.74, 6) is -2.69. The van der Waals surface area contributed by atoms with Crippen LogP contribution in [-0.4, -0.2) is 26.6 Å². The number of sulfonamides is 1. The molecule has 0 fully saturated rings. The van der Waals surface area contributed by atoms with E-state index in [0.717, 1.165) is 29.0 Å². The largest absolute Gasteiger partial charge is 0.495 e. The summed E-state index contributed by atoms with van der Waals surface area (Å²) < 4.78 is 46.6. The van der Waals surface area contributed by atoms with Crippen LogP contribution in [0.5, 0.6) is 5.75 Å². The molecule has 0 saturated carbocycles. The van der Waals surface area contributed by atoms with E-state index >= 15 is 0 Å². The number of nitrogens with one attached hydrogen (secondary N) is 1. The summed E-state index contributed by atoms with van der Waals surface area (Å²) in [4.78, 5) is 11.7. The number of hydrogen-bond donors (Lipinski definition) is 2. The standard InChI is InChI=1S/C18H13ClFNO5S2/c1-26-15-8-12(18(22)23)13(20)9-14(15)21-28(24,25)17-7-6-16(27-17)10-2-4-11(19)5-3-10/h2-9,21H,1H3,(H,22,23). The van der Waals surface area contributed by atoms with Crippen molar-refractivity contribution in [2.45, 2.75) is 4.21 Å². The van der Waals surface area contributed by atoms with E-state index in [1.165, 1.54) is 13.2 Å². The number of carboxylic acids is 1. The SMILES string of the molecule is COc1cc(C(=O)O)c(F)cc1NS(=O)(=O)c1ccc(-c2ccc(Cl)cc2)s1. The number of thiophene rings is 1. The van der Waals surface area contributed by atoms with Crippen LogP contribution in [0.2, 0.25) is 5.02 Å². The molecule has 1 heterocycles. The number of anilines is 1. The summed E-state index contributed by atoms with van der Waals surface area (Å²) in [6.07, 6.45) is 0. The summed E-state index contributed by atoms with van der Waals surface area (Å²) >= 11 is 6.88. The van der Waals surface area contributed by atoms with Gasteiger partial charge < -0.3 is 9.84 Å². The van der Waals surface area contributed by atoms with Crippen LogP contribution < -0.4 is 9.46 Å². The zero-order valence-electron chi connectivity index (χ0n) is 14.3. The van der Waals surface area contributed by atoms with Crippen LogP contribution in [0.3, 0.4) is 0 Å². The first-order chi connectivity index (χ1) is 13.2. The Kier molecular flexibility index (Phi) is 5.59. The van der Waals surface area contributed by atoms with Gasteiger partial charge in [-0.15, -0.1) is 11.3 Å². The molecule has 1 aromatic heterocycles. The van der Waals surface area contributed by atoms with Gasteiger partial charge in [0.25, 0.3) is 10.0 Å². The maximum atomic E-state index is 14.0. The van der Waals surface area contributed by atoms with Gasteiger partial charge in [0, 0.05) is 16.0 Å². The van der Waals surface area contributed by atoms with Crippen LogP contribution in [0, 0.1) is 5.82 Å². The summed E-state index contributed by atoms with van der Waals surface area (Å²) in [5.41, 5.74) is -0.0299. The average Bonchev–Trinajstić information content (AvgIpc) is 3.13. The number of halogens is 2. The molecular formula is C18H13ClFNO5S2. The van der Waals surface area contributed by atoms with Crippen LogP contribution in [0.4, 0.5) is 10.1 Å². The molecule has 0 aliphatic heterocycles. The minimum Gasteiger partial charge on any atom is -0.495 e. The van der Waals surface area contributed by atoms with Crippen molar-refractivity contribution in [3.05, 3.63) is 64.9 Å². The number of ether oxygens (including phenoxy) is 1. The summed E-state index contributed by atoms with van der Waals surface area (Å²) in [5, 5.41) is 9.54. The number of hydrogen-bond acceptors (Lipinski definition) is 5. The first-order valence-electron chi connectivity index (χ1n) is 7.70. The molecule has 28 heavy (non-hydrogen) atoms. The van der Waals surface area contributed by atoms with Crippen molar-refractivity contribution < 1.29 is 27.4 Å². The Morgan fingerprint density at radius 3 is 2.46 bits per heavy atom. The fourth-order valence-electron chi connectivity index (χ4n) is 2.39. The highest BCUT2D eigenvalue weighted by Gasteiger charge is 2.22. The third-order valence-corrected chi connectivity index (χ3v) is 6.98. The molecule has 2 aromatic carbocycles. The van der Waals surface area contributed by atoms with Crippen LogP contribution in [0.1, 0.15) is 10.4 Å². The average molecular weight is 442 g/mol. The lowest BCUT2D eigenvalue weighted by Crippen LogP contribution is -2.13. The first-order valence-corrected chi connectivity index (χ1v) is 10.4. The van der Waals surface area contributed by atoms with Crippen LogP contribution in [-0.2, 0) is 10.0 Å². The Labute approximate surface area is 169 Å². The Balaban J connectivity index is 1.93. The Bertz CT molecular complexity index is 1140. The van der Waals surface area contributed by atoms with Gasteiger partial charge in [0.2, 0.25) is 0 Å². The van der Waals surface area contributed by atoms with E-state index in [2.05, 4.69) is 4.72 Å². The predicted molar refractivity (Wildman–Crippen MR) is 105 cm³/mol. The van der Waals surface area contributed by atoms with Crippen LogP contribution in [0.25, 0.3) is 10.4 Å². The predicted octanol–water partition coefficient (Wildman–Crippen LogP) is 4.72. The maximum Gasteiger partial charge on any atom is 0.338 e. The van der Waals surface area contributed by atoms with Gasteiger partial charge in [-0.1, -0.05) is 23.7 Å². The molecule has 0 atom stereocenters. The fourth-order valence-corrected chi connectivity index (χ4v) is 4.89. The zero-order valence-corrected chi connectivity index (χ0v) is 16.7. The molecule has 0 spiro atoms. The number of rotatable bonds is 6. The van der Waals surface area contributed by atoms with Crippen molar-refractivity contribution in [2.75, 3.05) is 11.8 Å². The summed E-state index contributed by atoms with van der Waals surface area (Å²) in [6, 6.07) is 11.7. The molecule has 0 amide bonds. The topological polar surface area (TPSA) is 92.7 Å². The molecule has 2 N–H and O–H groups in total. The number of carboxylic acid groups (broad SMARTS) is 1. The molecule has 6 nitrogen and oxygen atoms in total. The fraction of sp³-hybridized carbons (Fsp3) is 0.0556. The summed E-state index contributed by atoms with van der Waals surface area (Å²) in [6.45, 7) is 0. The Morgan fingerprint density at radius 1 is 1.18 bits per heavy atom. The van der Waals surface area contributed by atoms with Crippen LogP contribution in [0.15, 0.2) is 52.7 Å². The molecule has 3 rings (SSSR count). The molecule has 3 aromatic rings. The van der Waals surface area contributed by atoms with E-state index in [0.29, 0.717) is 9.90 Å². The molecule has 0 unspecified atom stereocenters. The quantitative estimate of drug-likeness (QED) is 0.577. The highest BCUT2D eigenvalue weighted by molar-refractivity contribution is 7.94. The second kappa shape index (κ2) is 7.78. The second-order valence-corrected chi connectivity index (χ2v) is 9.00. The Hall–Kier alpha value is -2.62. The molecule has 0 aliphatic carbocycles. The van der Waals surface area contributed by atoms with Gasteiger partial charge in [-0.3, -0.25) is 4.72 Å². The number of benzene rings is 2. The van der Waals surface area contributed by atoms with E-state index in [4.69, 9.17) is 21.4 Å². The van der Waals surface area contributed by atoms with Gasteiger partial charge in [0.1, 0.15) is 15.8 Å². The third-order valence-electron chi connectivity index (χ3n) is 3.74. The normalized spacial score (nSPS) is 11.2. The van der Waals surface area contributed by atoms with E-state index in [1.54, 1.807) is 30.3 Å². The lowest BCUT2D eigenvalue weighted by Gasteiger charge is -2.12. The molecule has 0 aliphatic rings. The minimum atomic E-state index is -4.04. The Morgan fingerprint density at radius 2 is 1.86 bits per heavy atom. The number of methoxy groups -OCH3 is 1. The molecule has 0 bridgehead atoms. The van der Waals surface area contributed by atoms with Crippen molar-refractivity contribution in [1.29, 1.82) is 0 Å². The zero-order chi connectivity index (χ0) is 20.5. The monoisotopic (exact) mass is 441 g/mol. The van der Waals surface area contributed by atoms with Crippen molar-refractivity contribution in [2.24, 2.45) is 0 Å². The first kappa shape index (κ1) is 20.1. The minimum absolute atomic E-state index is 0.00206. The maximum absolute atomic E-state index is 14.0. The molecule has 0 saturated heterocycles. The van der Waals surface area contributed by atoms with Gasteiger partial charge in [0.05, 0.1) is 18.4 Å². The third kappa shape index (κ3) is 4.11. The highest BCUT2D eigenvalue weighted by Crippen LogP contribution is 2.34. The van der Waals surface area contributed by atoms with Crippen LogP contribution >= 0.6 is 22.9 Å². The van der Waals surface area contributed by atoms with Gasteiger partial charge in [-0.2, -0.15) is 0 Å². The lowest BCUT2D eigenvalue weighted by molar-refractivity contribution is 0.0691. The van der Waals surface area contributed by atoms with E-state index < -0.39 is 27.4 Å². The molecular weight excluding hydrogens is 429 g/mol. The number of aromatic carboxylic acids is 1. The van der Waals surface area contributed by atoms with Gasteiger partial charge in [0.15, 0.2) is 0 Å². The van der Waals surface area contributed by atoms with Crippen molar-refractivity contribution in [3.8, 4) is 16.2 Å². The van der Waals surface area contributed by atoms with Crippen molar-refractivity contribution in [3.63, 3.8) is 0 Å². The van der Waals surface area contributed by atoms with Crippen molar-refractivity contribution >= 4 is 44.6 Å². The van der Waals surface area contributed by atoms with Gasteiger partial charge in [-0.05, 0) is 35.9 Å². The van der Waals surface area contributed by atoms with Crippen molar-refractivity contribution in [1.82, 2.24) is 0 Å². The lowest BCUT2D eigenvalue weighted by atomic mass is 10.2. The van der Waals surface area contributed by atoms with E-state index in [1.807, 2.05) is 0 Å². The molecule has 0 radical (unpaired) electrons. The smallest absolute Gasteiger partial charge is 0.338 e. The highest BCUT2D eigenvalue weighted by atomic mass is 35.5. The summed E-state index contributed by atoms with van der Waals surface area (Å²) in [7, 11) is -2.82. The number of carbonyl (C=O) groups is 1. The van der Waals surface area contributed by atoms with E-state index in [-0.39, 0.29) is 15.6 Å². The molecule has 146 valence electrons. The molecule has 10 heteroatoms.